The van der Waals surface area contributed by atoms with Gasteiger partial charge in [-0.25, -0.2) is 4.79 Å². The molecule has 2 rings (SSSR count). The van der Waals surface area contributed by atoms with Gasteiger partial charge < -0.3 is 10.1 Å². The van der Waals surface area contributed by atoms with Crippen molar-refractivity contribution in [3.8, 4) is 0 Å². The van der Waals surface area contributed by atoms with Gasteiger partial charge in [-0.1, -0.05) is 26.0 Å². The lowest BCUT2D eigenvalue weighted by molar-refractivity contribution is -0.116. The third-order valence-corrected chi connectivity index (χ3v) is 4.53. The van der Waals surface area contributed by atoms with Crippen molar-refractivity contribution in [2.24, 2.45) is 0 Å². The van der Waals surface area contributed by atoms with Crippen LogP contribution in [0.15, 0.2) is 24.3 Å². The maximum absolute atomic E-state index is 12.3. The van der Waals surface area contributed by atoms with Gasteiger partial charge in [0.1, 0.15) is 12.1 Å². The number of nitrogens with one attached hydrogen (secondary N) is 1. The number of amides is 1. The van der Waals surface area contributed by atoms with Gasteiger partial charge in [-0.3, -0.25) is 9.48 Å². The molecular weight excluding hydrogens is 330 g/mol. The summed E-state index contributed by atoms with van der Waals surface area (Å²) in [5.41, 5.74) is 3.62. The highest BCUT2D eigenvalue weighted by Crippen LogP contribution is 2.20. The number of nitrogens with zero attached hydrogens (tertiary/aromatic N) is 2. The molecule has 1 heterocycles. The summed E-state index contributed by atoms with van der Waals surface area (Å²) >= 11 is 0. The fourth-order valence-corrected chi connectivity index (χ4v) is 2.82. The molecule has 0 aliphatic heterocycles. The first-order valence-corrected chi connectivity index (χ1v) is 8.98. The molecule has 1 atom stereocenters. The highest BCUT2D eigenvalue weighted by Gasteiger charge is 2.20. The highest BCUT2D eigenvalue weighted by molar-refractivity contribution is 5.93. The highest BCUT2D eigenvalue weighted by atomic mass is 16.5. The van der Waals surface area contributed by atoms with E-state index in [-0.39, 0.29) is 12.5 Å². The second-order valence-electron chi connectivity index (χ2n) is 6.40. The topological polar surface area (TPSA) is 73.2 Å². The number of aryl methyl sites for hydroxylation is 1. The van der Waals surface area contributed by atoms with Gasteiger partial charge in [-0.2, -0.15) is 5.10 Å². The Morgan fingerprint density at radius 2 is 1.85 bits per heavy atom. The van der Waals surface area contributed by atoms with Crippen molar-refractivity contribution in [3.05, 3.63) is 46.8 Å². The van der Waals surface area contributed by atoms with Crippen LogP contribution in [0, 0.1) is 13.8 Å². The van der Waals surface area contributed by atoms with Gasteiger partial charge in [-0.05, 0) is 50.8 Å². The predicted molar refractivity (Wildman–Crippen MR) is 101 cm³/mol. The number of hydrogen-bond donors (Lipinski definition) is 1. The Morgan fingerprint density at radius 3 is 2.42 bits per heavy atom. The van der Waals surface area contributed by atoms with Gasteiger partial charge in [-0.15, -0.1) is 0 Å². The Morgan fingerprint density at radius 1 is 1.19 bits per heavy atom. The molecule has 26 heavy (non-hydrogen) atoms. The van der Waals surface area contributed by atoms with Crippen LogP contribution in [-0.2, 0) is 16.1 Å². The van der Waals surface area contributed by atoms with E-state index in [1.54, 1.807) is 20.8 Å². The van der Waals surface area contributed by atoms with E-state index in [0.29, 0.717) is 29.5 Å². The molecule has 1 unspecified atom stereocenters. The zero-order chi connectivity index (χ0) is 19.3. The molecule has 2 aromatic rings. The molecule has 0 bridgehead atoms. The number of ether oxygens (including phenoxy) is 1. The van der Waals surface area contributed by atoms with Crippen molar-refractivity contribution < 1.29 is 14.3 Å². The molecule has 140 valence electrons. The molecule has 0 aliphatic rings. The molecule has 0 fully saturated rings. The Balaban J connectivity index is 2.06. The quantitative estimate of drug-likeness (QED) is 0.764. The lowest BCUT2D eigenvalue weighted by Gasteiger charge is -2.11. The average molecular weight is 357 g/mol. The van der Waals surface area contributed by atoms with Crippen LogP contribution < -0.4 is 5.32 Å². The molecule has 0 aliphatic carbocycles. The standard InChI is InChI=1S/C20H27N3O3/c1-6-13(3)16-8-10-17(11-9-16)21-18(24)12-23-15(5)19(14(4)22-23)20(25)26-7-2/h8-11,13H,6-7,12H2,1-5H3,(H,21,24). The van der Waals surface area contributed by atoms with Gasteiger partial charge in [0.15, 0.2) is 0 Å². The first-order valence-electron chi connectivity index (χ1n) is 8.98. The first-order chi connectivity index (χ1) is 12.4. The zero-order valence-corrected chi connectivity index (χ0v) is 16.1. The summed E-state index contributed by atoms with van der Waals surface area (Å²) in [6, 6.07) is 7.88. The van der Waals surface area contributed by atoms with E-state index < -0.39 is 5.97 Å². The minimum Gasteiger partial charge on any atom is -0.462 e. The average Bonchev–Trinajstić information content (AvgIpc) is 2.88. The number of benzene rings is 1. The van der Waals surface area contributed by atoms with E-state index >= 15 is 0 Å². The Bertz CT molecular complexity index is 778. The second kappa shape index (κ2) is 8.65. The molecule has 1 N–H and O–H groups in total. The Kier molecular flexibility index (Phi) is 6.55. The van der Waals surface area contributed by atoms with Gasteiger partial charge in [0.2, 0.25) is 5.91 Å². The third-order valence-electron chi connectivity index (χ3n) is 4.53. The van der Waals surface area contributed by atoms with E-state index in [1.165, 1.54) is 10.2 Å². The van der Waals surface area contributed by atoms with Crippen LogP contribution >= 0.6 is 0 Å². The molecule has 0 spiro atoms. The molecule has 6 heteroatoms. The lowest BCUT2D eigenvalue weighted by Crippen LogP contribution is -2.20. The number of esters is 1. The number of rotatable bonds is 7. The molecular formula is C20H27N3O3. The van der Waals surface area contributed by atoms with E-state index in [9.17, 15) is 9.59 Å². The fraction of sp³-hybridized carbons (Fsp3) is 0.450. The maximum atomic E-state index is 12.3. The smallest absolute Gasteiger partial charge is 0.341 e. The molecule has 0 radical (unpaired) electrons. The van der Waals surface area contributed by atoms with Crippen LogP contribution in [0.25, 0.3) is 0 Å². The van der Waals surface area contributed by atoms with Crippen molar-refractivity contribution in [2.45, 2.75) is 53.5 Å². The van der Waals surface area contributed by atoms with Crippen LogP contribution in [0.3, 0.4) is 0 Å². The number of hydrogen-bond acceptors (Lipinski definition) is 4. The van der Waals surface area contributed by atoms with Crippen LogP contribution in [-0.4, -0.2) is 28.3 Å². The van der Waals surface area contributed by atoms with Gasteiger partial charge in [0, 0.05) is 5.69 Å². The van der Waals surface area contributed by atoms with Crippen molar-refractivity contribution in [1.82, 2.24) is 9.78 Å². The summed E-state index contributed by atoms with van der Waals surface area (Å²) in [4.78, 5) is 24.3. The largest absolute Gasteiger partial charge is 0.462 e. The predicted octanol–water partition coefficient (Wildman–Crippen LogP) is 3.83. The molecule has 6 nitrogen and oxygen atoms in total. The minimum absolute atomic E-state index is 0.0409. The third kappa shape index (κ3) is 4.50. The zero-order valence-electron chi connectivity index (χ0n) is 16.1. The van der Waals surface area contributed by atoms with Crippen molar-refractivity contribution in [1.29, 1.82) is 0 Å². The fourth-order valence-electron chi connectivity index (χ4n) is 2.82. The van der Waals surface area contributed by atoms with Crippen molar-refractivity contribution >= 4 is 17.6 Å². The van der Waals surface area contributed by atoms with Gasteiger partial charge in [0.05, 0.1) is 18.0 Å². The second-order valence-corrected chi connectivity index (χ2v) is 6.40. The van der Waals surface area contributed by atoms with E-state index in [1.807, 2.05) is 24.3 Å². The number of aromatic nitrogens is 2. The molecule has 0 saturated carbocycles. The Hall–Kier alpha value is -2.63. The minimum atomic E-state index is -0.408. The van der Waals surface area contributed by atoms with Crippen LogP contribution in [0.1, 0.15) is 60.4 Å². The van der Waals surface area contributed by atoms with E-state index in [2.05, 4.69) is 24.3 Å². The van der Waals surface area contributed by atoms with Crippen LogP contribution in [0.4, 0.5) is 5.69 Å². The van der Waals surface area contributed by atoms with Crippen molar-refractivity contribution in [3.63, 3.8) is 0 Å². The van der Waals surface area contributed by atoms with E-state index in [0.717, 1.165) is 12.1 Å². The van der Waals surface area contributed by atoms with Gasteiger partial charge >= 0.3 is 5.97 Å². The number of carbonyl (C=O) groups is 2. The lowest BCUT2D eigenvalue weighted by atomic mass is 9.99. The number of anilines is 1. The van der Waals surface area contributed by atoms with E-state index in [4.69, 9.17) is 4.74 Å². The summed E-state index contributed by atoms with van der Waals surface area (Å²) in [6.45, 7) is 9.93. The number of carbonyl (C=O) groups excluding carboxylic acids is 2. The summed E-state index contributed by atoms with van der Waals surface area (Å²) < 4.78 is 6.58. The summed E-state index contributed by atoms with van der Waals surface area (Å²) in [7, 11) is 0. The van der Waals surface area contributed by atoms with Crippen LogP contribution in [0.5, 0.6) is 0 Å². The van der Waals surface area contributed by atoms with Gasteiger partial charge in [0.25, 0.3) is 0 Å². The normalized spacial score (nSPS) is 11.9. The monoisotopic (exact) mass is 357 g/mol. The maximum Gasteiger partial charge on any atom is 0.341 e. The Labute approximate surface area is 154 Å². The SMILES string of the molecule is CCOC(=O)c1c(C)nn(CC(=O)Nc2ccc(C(C)CC)cc2)c1C. The summed E-state index contributed by atoms with van der Waals surface area (Å²) in [5.74, 6) is -0.104. The molecule has 0 saturated heterocycles. The molecule has 1 amide bonds. The first kappa shape index (κ1) is 19.7. The van der Waals surface area contributed by atoms with Crippen LogP contribution in [0.2, 0.25) is 0 Å². The summed E-state index contributed by atoms with van der Waals surface area (Å²) in [5, 5.41) is 7.17. The molecule has 1 aromatic heterocycles. The van der Waals surface area contributed by atoms with Crippen molar-refractivity contribution in [2.75, 3.05) is 11.9 Å². The summed E-state index contributed by atoms with van der Waals surface area (Å²) in [6.07, 6.45) is 1.08. The molecule has 1 aromatic carbocycles.